The van der Waals surface area contributed by atoms with Crippen LogP contribution in [0.15, 0.2) is 42.5 Å². The first-order chi connectivity index (χ1) is 9.54. The molecule has 2 aromatic rings. The summed E-state index contributed by atoms with van der Waals surface area (Å²) < 4.78 is 0. The predicted molar refractivity (Wildman–Crippen MR) is 76.8 cm³/mol. The van der Waals surface area contributed by atoms with E-state index in [-0.39, 0.29) is 11.3 Å². The highest BCUT2D eigenvalue weighted by molar-refractivity contribution is 6.07. The quantitative estimate of drug-likeness (QED) is 0.744. The first kappa shape index (κ1) is 13.9. The first-order valence-electron chi connectivity index (χ1n) is 6.12. The van der Waals surface area contributed by atoms with E-state index >= 15 is 0 Å². The zero-order valence-corrected chi connectivity index (χ0v) is 11.1. The molecule has 5 heteroatoms. The van der Waals surface area contributed by atoms with Gasteiger partial charge >= 0.3 is 0 Å². The number of nitrogens with two attached hydrogens (primary N) is 1. The maximum Gasteiger partial charge on any atom is 0.261 e. The molecule has 0 spiro atoms. The number of hydrogen-bond acceptors (Lipinski definition) is 4. The molecule has 0 atom stereocenters. The van der Waals surface area contributed by atoms with Crippen LogP contribution in [0.25, 0.3) is 0 Å². The molecule has 0 bridgehead atoms. The van der Waals surface area contributed by atoms with Crippen LogP contribution in [0, 0.1) is 0 Å². The van der Waals surface area contributed by atoms with Crippen LogP contribution in [-0.4, -0.2) is 23.2 Å². The summed E-state index contributed by atoms with van der Waals surface area (Å²) in [4.78, 5) is 13.7. The molecule has 0 saturated carbocycles. The van der Waals surface area contributed by atoms with Gasteiger partial charge < -0.3 is 20.8 Å². The molecule has 1 amide bonds. The van der Waals surface area contributed by atoms with E-state index in [1.807, 2.05) is 12.1 Å². The van der Waals surface area contributed by atoms with Crippen LogP contribution >= 0.6 is 0 Å². The molecule has 2 aromatic carbocycles. The Balaban J connectivity index is 2.29. The van der Waals surface area contributed by atoms with Gasteiger partial charge in [0.2, 0.25) is 0 Å². The second kappa shape index (κ2) is 5.63. The molecule has 2 rings (SSSR count). The molecule has 0 radical (unpaired) electrons. The van der Waals surface area contributed by atoms with E-state index in [1.54, 1.807) is 19.2 Å². The molecule has 4 N–H and O–H groups in total. The second-order valence-electron chi connectivity index (χ2n) is 4.41. The molecule has 0 heterocycles. The van der Waals surface area contributed by atoms with Crippen molar-refractivity contribution >= 4 is 11.6 Å². The Morgan fingerprint density at radius 1 is 1.15 bits per heavy atom. The molecular formula is C15H16N2O3. The van der Waals surface area contributed by atoms with Gasteiger partial charge in [0, 0.05) is 19.3 Å². The van der Waals surface area contributed by atoms with Crippen LogP contribution in [0.4, 0.5) is 5.69 Å². The SMILES string of the molecule is CN(C(=O)c1cccc(O)c1O)c1ccc(CN)cc1. The fraction of sp³-hybridized carbons (Fsp3) is 0.133. The summed E-state index contributed by atoms with van der Waals surface area (Å²) in [6, 6.07) is 11.5. The van der Waals surface area contributed by atoms with Gasteiger partial charge in [-0.3, -0.25) is 4.79 Å². The van der Waals surface area contributed by atoms with E-state index < -0.39 is 11.7 Å². The highest BCUT2D eigenvalue weighted by Gasteiger charge is 2.18. The van der Waals surface area contributed by atoms with E-state index in [2.05, 4.69) is 0 Å². The second-order valence-corrected chi connectivity index (χ2v) is 4.41. The topological polar surface area (TPSA) is 86.8 Å². The number of phenols is 2. The number of nitrogens with zero attached hydrogens (tertiary/aromatic N) is 1. The third-order valence-corrected chi connectivity index (χ3v) is 3.11. The average Bonchev–Trinajstić information content (AvgIpc) is 2.48. The highest BCUT2D eigenvalue weighted by Crippen LogP contribution is 2.29. The lowest BCUT2D eigenvalue weighted by Gasteiger charge is -2.18. The van der Waals surface area contributed by atoms with Crippen LogP contribution < -0.4 is 10.6 Å². The van der Waals surface area contributed by atoms with Crippen molar-refractivity contribution in [1.82, 2.24) is 0 Å². The number of phenolic OH excluding ortho intramolecular Hbond substituents is 2. The summed E-state index contributed by atoms with van der Waals surface area (Å²) >= 11 is 0. The number of anilines is 1. The monoisotopic (exact) mass is 272 g/mol. The third kappa shape index (κ3) is 2.57. The van der Waals surface area contributed by atoms with E-state index in [0.29, 0.717) is 12.2 Å². The maximum atomic E-state index is 12.3. The van der Waals surface area contributed by atoms with Gasteiger partial charge in [0.15, 0.2) is 11.5 Å². The molecule has 0 aliphatic heterocycles. The van der Waals surface area contributed by atoms with E-state index in [0.717, 1.165) is 5.56 Å². The minimum absolute atomic E-state index is 0.0513. The van der Waals surface area contributed by atoms with Crippen molar-refractivity contribution in [2.24, 2.45) is 5.73 Å². The Kier molecular flexibility index (Phi) is 3.91. The van der Waals surface area contributed by atoms with Crippen LogP contribution in [0.3, 0.4) is 0 Å². The molecule has 0 aliphatic rings. The third-order valence-electron chi connectivity index (χ3n) is 3.11. The number of aromatic hydroxyl groups is 2. The number of benzene rings is 2. The van der Waals surface area contributed by atoms with Crippen LogP contribution in [0.2, 0.25) is 0 Å². The fourth-order valence-electron chi connectivity index (χ4n) is 1.86. The smallest absolute Gasteiger partial charge is 0.261 e. The lowest BCUT2D eigenvalue weighted by molar-refractivity contribution is 0.0990. The Morgan fingerprint density at radius 2 is 1.80 bits per heavy atom. The van der Waals surface area contributed by atoms with Crippen molar-refractivity contribution in [3.63, 3.8) is 0 Å². The van der Waals surface area contributed by atoms with Gasteiger partial charge in [-0.1, -0.05) is 18.2 Å². The minimum Gasteiger partial charge on any atom is -0.504 e. The Bertz CT molecular complexity index is 624. The largest absolute Gasteiger partial charge is 0.504 e. The summed E-state index contributed by atoms with van der Waals surface area (Å²) in [6.07, 6.45) is 0. The minimum atomic E-state index is -0.414. The van der Waals surface area contributed by atoms with Gasteiger partial charge in [0.1, 0.15) is 0 Å². The standard InChI is InChI=1S/C15H16N2O3/c1-17(11-7-5-10(9-16)6-8-11)15(20)12-3-2-4-13(18)14(12)19/h2-8,18-19H,9,16H2,1H3. The van der Waals surface area contributed by atoms with Crippen molar-refractivity contribution in [3.8, 4) is 11.5 Å². The van der Waals surface area contributed by atoms with Gasteiger partial charge in [-0.25, -0.2) is 0 Å². The summed E-state index contributed by atoms with van der Waals surface area (Å²) in [5, 5.41) is 19.2. The predicted octanol–water partition coefficient (Wildman–Crippen LogP) is 1.83. The number of carbonyl (C=O) groups is 1. The Hall–Kier alpha value is -2.53. The zero-order valence-electron chi connectivity index (χ0n) is 11.1. The highest BCUT2D eigenvalue weighted by atomic mass is 16.3. The lowest BCUT2D eigenvalue weighted by Crippen LogP contribution is -2.26. The van der Waals surface area contributed by atoms with Crippen molar-refractivity contribution < 1.29 is 15.0 Å². The number of rotatable bonds is 3. The van der Waals surface area contributed by atoms with E-state index in [1.165, 1.54) is 23.1 Å². The number of carbonyl (C=O) groups excluding carboxylic acids is 1. The summed E-state index contributed by atoms with van der Waals surface area (Å²) in [7, 11) is 1.60. The van der Waals surface area contributed by atoms with Crippen molar-refractivity contribution in [1.29, 1.82) is 0 Å². The van der Waals surface area contributed by atoms with Gasteiger partial charge in [-0.15, -0.1) is 0 Å². The molecule has 20 heavy (non-hydrogen) atoms. The molecule has 0 fully saturated rings. The maximum absolute atomic E-state index is 12.3. The fourth-order valence-corrected chi connectivity index (χ4v) is 1.86. The van der Waals surface area contributed by atoms with Gasteiger partial charge in [-0.2, -0.15) is 0 Å². The van der Waals surface area contributed by atoms with E-state index in [9.17, 15) is 15.0 Å². The summed E-state index contributed by atoms with van der Waals surface area (Å²) in [5.41, 5.74) is 7.22. The summed E-state index contributed by atoms with van der Waals surface area (Å²) in [5.74, 6) is -1.13. The molecule has 5 nitrogen and oxygen atoms in total. The first-order valence-corrected chi connectivity index (χ1v) is 6.12. The molecule has 0 unspecified atom stereocenters. The lowest BCUT2D eigenvalue weighted by atomic mass is 10.1. The molecule has 0 aliphatic carbocycles. The van der Waals surface area contributed by atoms with Crippen molar-refractivity contribution in [2.75, 3.05) is 11.9 Å². The van der Waals surface area contributed by atoms with Gasteiger partial charge in [0.05, 0.1) is 5.56 Å². The van der Waals surface area contributed by atoms with Gasteiger partial charge in [-0.05, 0) is 29.8 Å². The van der Waals surface area contributed by atoms with E-state index in [4.69, 9.17) is 5.73 Å². The number of amides is 1. The van der Waals surface area contributed by atoms with Crippen molar-refractivity contribution in [2.45, 2.75) is 6.54 Å². The van der Waals surface area contributed by atoms with Crippen LogP contribution in [0.5, 0.6) is 11.5 Å². The van der Waals surface area contributed by atoms with Crippen LogP contribution in [0.1, 0.15) is 15.9 Å². The normalized spacial score (nSPS) is 10.3. The molecule has 104 valence electrons. The van der Waals surface area contributed by atoms with Gasteiger partial charge in [0.25, 0.3) is 5.91 Å². The number of para-hydroxylation sites is 1. The Labute approximate surface area is 116 Å². The van der Waals surface area contributed by atoms with Crippen molar-refractivity contribution in [3.05, 3.63) is 53.6 Å². The van der Waals surface area contributed by atoms with Crippen LogP contribution in [-0.2, 0) is 6.54 Å². The Morgan fingerprint density at radius 3 is 2.40 bits per heavy atom. The molecule has 0 aromatic heterocycles. The molecular weight excluding hydrogens is 256 g/mol. The average molecular weight is 272 g/mol. The number of hydrogen-bond donors (Lipinski definition) is 3. The zero-order chi connectivity index (χ0) is 14.7. The summed E-state index contributed by atoms with van der Waals surface area (Å²) in [6.45, 7) is 0.436. The molecule has 0 saturated heterocycles.